The van der Waals surface area contributed by atoms with Crippen molar-refractivity contribution in [3.63, 3.8) is 0 Å². The van der Waals surface area contributed by atoms with Crippen molar-refractivity contribution in [2.24, 2.45) is 0 Å². The molecule has 0 spiro atoms. The number of aliphatic hydroxyl groups excluding tert-OH is 1. The zero-order valence-electron chi connectivity index (χ0n) is 11.6. The van der Waals surface area contributed by atoms with E-state index in [4.69, 9.17) is 4.74 Å². The Morgan fingerprint density at radius 1 is 1.10 bits per heavy atom. The minimum atomic E-state index is -0.617. The van der Waals surface area contributed by atoms with Gasteiger partial charge in [0.15, 0.2) is 0 Å². The molecule has 0 saturated heterocycles. The molecule has 0 fully saturated rings. The first-order chi connectivity index (χ1) is 9.69. The lowest BCUT2D eigenvalue weighted by Crippen LogP contribution is -2.02. The SMILES string of the molecule is COCCc1ccc(C(O)Cc2cccc(F)c2)cc1. The van der Waals surface area contributed by atoms with Crippen molar-refractivity contribution in [3.8, 4) is 0 Å². The first-order valence-corrected chi connectivity index (χ1v) is 6.69. The van der Waals surface area contributed by atoms with Crippen LogP contribution >= 0.6 is 0 Å². The molecule has 2 nitrogen and oxygen atoms in total. The topological polar surface area (TPSA) is 29.5 Å². The minimum Gasteiger partial charge on any atom is -0.388 e. The average molecular weight is 274 g/mol. The molecule has 0 aliphatic heterocycles. The molecule has 0 bridgehead atoms. The van der Waals surface area contributed by atoms with Crippen molar-refractivity contribution in [1.29, 1.82) is 0 Å². The molecule has 2 rings (SSSR count). The van der Waals surface area contributed by atoms with E-state index < -0.39 is 6.10 Å². The van der Waals surface area contributed by atoms with Crippen LogP contribution in [-0.4, -0.2) is 18.8 Å². The number of hydrogen-bond donors (Lipinski definition) is 1. The van der Waals surface area contributed by atoms with Crippen molar-refractivity contribution >= 4 is 0 Å². The summed E-state index contributed by atoms with van der Waals surface area (Å²) < 4.78 is 18.1. The highest BCUT2D eigenvalue weighted by molar-refractivity contribution is 5.26. The third kappa shape index (κ3) is 4.15. The van der Waals surface area contributed by atoms with Gasteiger partial charge in [0.2, 0.25) is 0 Å². The van der Waals surface area contributed by atoms with Gasteiger partial charge in [0.25, 0.3) is 0 Å². The molecule has 0 heterocycles. The Kier molecular flexibility index (Phi) is 5.27. The van der Waals surface area contributed by atoms with Crippen LogP contribution in [0.25, 0.3) is 0 Å². The fourth-order valence-corrected chi connectivity index (χ4v) is 2.13. The summed E-state index contributed by atoms with van der Waals surface area (Å²) in [5.41, 5.74) is 2.81. The Balaban J connectivity index is 2.00. The van der Waals surface area contributed by atoms with Crippen molar-refractivity contribution in [2.45, 2.75) is 18.9 Å². The lowest BCUT2D eigenvalue weighted by molar-refractivity contribution is 0.178. The van der Waals surface area contributed by atoms with E-state index in [9.17, 15) is 9.50 Å². The van der Waals surface area contributed by atoms with Crippen LogP contribution in [0.3, 0.4) is 0 Å². The van der Waals surface area contributed by atoms with Gasteiger partial charge in [-0.05, 0) is 35.2 Å². The van der Waals surface area contributed by atoms with E-state index >= 15 is 0 Å². The molecule has 0 aliphatic rings. The summed E-state index contributed by atoms with van der Waals surface area (Å²) in [5.74, 6) is -0.274. The predicted octanol–water partition coefficient (Wildman–Crippen LogP) is 3.29. The Morgan fingerprint density at radius 3 is 2.50 bits per heavy atom. The number of benzene rings is 2. The first-order valence-electron chi connectivity index (χ1n) is 6.69. The van der Waals surface area contributed by atoms with E-state index in [1.165, 1.54) is 17.7 Å². The van der Waals surface area contributed by atoms with Gasteiger partial charge >= 0.3 is 0 Å². The molecule has 0 radical (unpaired) electrons. The summed E-state index contributed by atoms with van der Waals surface area (Å²) in [6.45, 7) is 0.686. The summed E-state index contributed by atoms with van der Waals surface area (Å²) >= 11 is 0. The fourth-order valence-electron chi connectivity index (χ4n) is 2.13. The second-order valence-corrected chi connectivity index (χ2v) is 4.83. The molecule has 0 aliphatic carbocycles. The van der Waals surface area contributed by atoms with Crippen LogP contribution in [0, 0.1) is 5.82 Å². The molecule has 1 atom stereocenters. The van der Waals surface area contributed by atoms with Crippen LogP contribution in [-0.2, 0) is 17.6 Å². The van der Waals surface area contributed by atoms with Gasteiger partial charge in [-0.15, -0.1) is 0 Å². The Hall–Kier alpha value is -1.71. The Bertz CT molecular complexity index is 537. The summed E-state index contributed by atoms with van der Waals surface area (Å²) in [5, 5.41) is 10.2. The standard InChI is InChI=1S/C17H19FO2/c1-20-10-9-13-5-7-15(8-6-13)17(19)12-14-3-2-4-16(18)11-14/h2-8,11,17,19H,9-10,12H2,1H3. The minimum absolute atomic E-state index is 0.274. The second-order valence-electron chi connectivity index (χ2n) is 4.83. The van der Waals surface area contributed by atoms with Gasteiger partial charge in [-0.1, -0.05) is 36.4 Å². The zero-order chi connectivity index (χ0) is 14.4. The van der Waals surface area contributed by atoms with Crippen molar-refractivity contribution < 1.29 is 14.2 Å². The van der Waals surface area contributed by atoms with E-state index in [-0.39, 0.29) is 5.82 Å². The number of methoxy groups -OCH3 is 1. The van der Waals surface area contributed by atoms with Crippen LogP contribution in [0.4, 0.5) is 4.39 Å². The van der Waals surface area contributed by atoms with E-state index in [1.54, 1.807) is 13.2 Å². The third-order valence-electron chi connectivity index (χ3n) is 3.28. The van der Waals surface area contributed by atoms with Crippen LogP contribution in [0.15, 0.2) is 48.5 Å². The van der Waals surface area contributed by atoms with Gasteiger partial charge in [-0.2, -0.15) is 0 Å². The molecule has 1 N–H and O–H groups in total. The van der Waals surface area contributed by atoms with Gasteiger partial charge in [-0.25, -0.2) is 4.39 Å². The van der Waals surface area contributed by atoms with Crippen LogP contribution in [0.1, 0.15) is 22.8 Å². The molecule has 3 heteroatoms. The summed E-state index contributed by atoms with van der Waals surface area (Å²) in [7, 11) is 1.68. The summed E-state index contributed by atoms with van der Waals surface area (Å²) in [4.78, 5) is 0. The van der Waals surface area contributed by atoms with E-state index in [0.29, 0.717) is 13.0 Å². The van der Waals surface area contributed by atoms with Crippen molar-refractivity contribution in [2.75, 3.05) is 13.7 Å². The lowest BCUT2D eigenvalue weighted by atomic mass is 10.00. The number of ether oxygens (including phenoxy) is 1. The van der Waals surface area contributed by atoms with Gasteiger partial charge in [0.1, 0.15) is 5.82 Å². The van der Waals surface area contributed by atoms with Gasteiger partial charge in [-0.3, -0.25) is 0 Å². The maximum atomic E-state index is 13.1. The molecule has 0 saturated carbocycles. The maximum Gasteiger partial charge on any atom is 0.123 e. The van der Waals surface area contributed by atoms with E-state index in [0.717, 1.165) is 17.5 Å². The number of rotatable bonds is 6. The van der Waals surface area contributed by atoms with Gasteiger partial charge in [0.05, 0.1) is 12.7 Å². The monoisotopic (exact) mass is 274 g/mol. The van der Waals surface area contributed by atoms with Crippen LogP contribution in [0.5, 0.6) is 0 Å². The normalized spacial score (nSPS) is 12.3. The largest absolute Gasteiger partial charge is 0.388 e. The molecule has 106 valence electrons. The first kappa shape index (κ1) is 14.7. The number of hydrogen-bond acceptors (Lipinski definition) is 2. The number of aliphatic hydroxyl groups is 1. The second kappa shape index (κ2) is 7.17. The summed E-state index contributed by atoms with van der Waals surface area (Å²) in [6, 6.07) is 14.1. The predicted molar refractivity (Wildman–Crippen MR) is 77.1 cm³/mol. The molecule has 1 unspecified atom stereocenters. The Labute approximate surface area is 118 Å². The van der Waals surface area contributed by atoms with Crippen LogP contribution in [0.2, 0.25) is 0 Å². The highest BCUT2D eigenvalue weighted by Gasteiger charge is 2.09. The average Bonchev–Trinajstić information content (AvgIpc) is 2.45. The molecular weight excluding hydrogens is 255 g/mol. The van der Waals surface area contributed by atoms with Gasteiger partial charge in [0, 0.05) is 13.5 Å². The molecular formula is C17H19FO2. The third-order valence-corrected chi connectivity index (χ3v) is 3.28. The fraction of sp³-hybridized carbons (Fsp3) is 0.294. The van der Waals surface area contributed by atoms with Gasteiger partial charge < -0.3 is 9.84 Å². The Morgan fingerprint density at radius 2 is 1.85 bits per heavy atom. The zero-order valence-corrected chi connectivity index (χ0v) is 11.6. The highest BCUT2D eigenvalue weighted by Crippen LogP contribution is 2.19. The van der Waals surface area contributed by atoms with E-state index in [2.05, 4.69) is 0 Å². The van der Waals surface area contributed by atoms with E-state index in [1.807, 2.05) is 30.3 Å². The summed E-state index contributed by atoms with van der Waals surface area (Å²) in [6.07, 6.45) is 0.652. The smallest absolute Gasteiger partial charge is 0.123 e. The number of halogens is 1. The highest BCUT2D eigenvalue weighted by atomic mass is 19.1. The molecule has 0 aromatic heterocycles. The maximum absolute atomic E-state index is 13.1. The molecule has 2 aromatic carbocycles. The van der Waals surface area contributed by atoms with Crippen molar-refractivity contribution in [3.05, 3.63) is 71.0 Å². The lowest BCUT2D eigenvalue weighted by Gasteiger charge is -2.12. The molecule has 2 aromatic rings. The van der Waals surface area contributed by atoms with Crippen LogP contribution < -0.4 is 0 Å². The van der Waals surface area contributed by atoms with Crippen molar-refractivity contribution in [1.82, 2.24) is 0 Å². The molecule has 20 heavy (non-hydrogen) atoms. The molecule has 0 amide bonds. The quantitative estimate of drug-likeness (QED) is 0.876.